The van der Waals surface area contributed by atoms with Gasteiger partial charge in [-0.1, -0.05) is 28.5 Å². The van der Waals surface area contributed by atoms with Gasteiger partial charge in [0.05, 0.1) is 0 Å². The lowest BCUT2D eigenvalue weighted by Crippen LogP contribution is -1.84. The summed E-state index contributed by atoms with van der Waals surface area (Å²) in [6, 6.07) is 0. The molecule has 0 aliphatic carbocycles. The smallest absolute Gasteiger partial charge is 0.0131 e. The van der Waals surface area contributed by atoms with Crippen molar-refractivity contribution in [2.45, 2.75) is 18.6 Å². The maximum Gasteiger partial charge on any atom is 0.0131 e. The van der Waals surface area contributed by atoms with Gasteiger partial charge in [-0.25, -0.2) is 0 Å². The van der Waals surface area contributed by atoms with E-state index < -0.39 is 0 Å². The van der Waals surface area contributed by atoms with Gasteiger partial charge in [-0.15, -0.1) is 0 Å². The van der Waals surface area contributed by atoms with Gasteiger partial charge >= 0.3 is 0 Å². The molecule has 0 aromatic rings. The summed E-state index contributed by atoms with van der Waals surface area (Å²) in [7, 11) is 4.01. The van der Waals surface area contributed by atoms with Crippen molar-refractivity contribution in [1.82, 2.24) is 0 Å². The zero-order valence-corrected chi connectivity index (χ0v) is 5.44. The number of hydrogen-bond donors (Lipinski definition) is 0. The summed E-state index contributed by atoms with van der Waals surface area (Å²) in [6.07, 6.45) is 1.41. The highest BCUT2D eigenvalue weighted by Crippen LogP contribution is 2.36. The molecule has 1 aliphatic heterocycles. The molecule has 0 N–H and O–H groups in total. The van der Waals surface area contributed by atoms with Crippen LogP contribution in [0.4, 0.5) is 0 Å². The molecule has 0 spiro atoms. The van der Waals surface area contributed by atoms with Crippen LogP contribution in [0.15, 0.2) is 0 Å². The Morgan fingerprint density at radius 1 is 1.67 bits per heavy atom. The summed E-state index contributed by atoms with van der Waals surface area (Å²) in [5.74, 6) is 1.37. The Labute approximate surface area is 46.5 Å². The van der Waals surface area contributed by atoms with Crippen LogP contribution in [-0.2, 0) is 0 Å². The van der Waals surface area contributed by atoms with Gasteiger partial charge in [-0.05, 0) is 6.42 Å². The van der Waals surface area contributed by atoms with Gasteiger partial charge in [0.1, 0.15) is 0 Å². The molecule has 6 heavy (non-hydrogen) atoms. The normalized spacial score (nSPS) is 34.5. The average Bonchev–Trinajstić information content (AvgIpc) is 1.86. The quantitative estimate of drug-likeness (QED) is 0.449. The molecule has 1 heterocycles. The molecule has 36 valence electrons. The highest BCUT2D eigenvalue weighted by Gasteiger charge is 2.08. The average molecular weight is 120 g/mol. The molecule has 1 saturated heterocycles. The number of hydrogen-bond acceptors (Lipinski definition) is 2. The summed E-state index contributed by atoms with van der Waals surface area (Å²) in [5, 5.41) is 0.926. The van der Waals surface area contributed by atoms with E-state index >= 15 is 0 Å². The van der Waals surface area contributed by atoms with Crippen molar-refractivity contribution < 1.29 is 0 Å². The monoisotopic (exact) mass is 120 g/mol. The van der Waals surface area contributed by atoms with Gasteiger partial charge in [-0.3, -0.25) is 0 Å². The second-order valence-electron chi connectivity index (χ2n) is 1.52. The molecule has 1 aliphatic rings. The van der Waals surface area contributed by atoms with Gasteiger partial charge in [0.25, 0.3) is 0 Å². The Hall–Kier alpha value is 0.700. The van der Waals surface area contributed by atoms with Gasteiger partial charge in [0.15, 0.2) is 0 Å². The first-order valence-electron chi connectivity index (χ1n) is 2.18. The first-order chi connectivity index (χ1) is 2.89. The molecule has 0 radical (unpaired) electrons. The van der Waals surface area contributed by atoms with Crippen LogP contribution in [0.5, 0.6) is 0 Å². The Kier molecular flexibility index (Phi) is 1.72. The third kappa shape index (κ3) is 1.09. The van der Waals surface area contributed by atoms with Crippen LogP contribution in [0.2, 0.25) is 0 Å². The zero-order chi connectivity index (χ0) is 4.41. The van der Waals surface area contributed by atoms with Crippen LogP contribution >= 0.6 is 21.6 Å². The SMILES string of the molecule is C[C@@H]1CCSS1. The van der Waals surface area contributed by atoms with E-state index in [1.54, 1.807) is 0 Å². The van der Waals surface area contributed by atoms with Gasteiger partial charge < -0.3 is 0 Å². The van der Waals surface area contributed by atoms with Crippen molar-refractivity contribution in [3.63, 3.8) is 0 Å². The summed E-state index contributed by atoms with van der Waals surface area (Å²) < 4.78 is 0. The molecule has 2 heteroatoms. The Morgan fingerprint density at radius 2 is 2.50 bits per heavy atom. The molecule has 0 aromatic heterocycles. The fourth-order valence-electron chi connectivity index (χ4n) is 0.426. The van der Waals surface area contributed by atoms with Crippen LogP contribution in [0.25, 0.3) is 0 Å². The molecule has 1 fully saturated rings. The predicted molar refractivity (Wildman–Crippen MR) is 34.1 cm³/mol. The third-order valence-corrected chi connectivity index (χ3v) is 3.84. The van der Waals surface area contributed by atoms with Crippen LogP contribution in [0, 0.1) is 0 Å². The topological polar surface area (TPSA) is 0 Å². The van der Waals surface area contributed by atoms with Crippen LogP contribution in [-0.4, -0.2) is 11.0 Å². The van der Waals surface area contributed by atoms with Crippen molar-refractivity contribution >= 4 is 21.6 Å². The predicted octanol–water partition coefficient (Wildman–Crippen LogP) is 2.16. The fraction of sp³-hybridized carbons (Fsp3) is 1.00. The van der Waals surface area contributed by atoms with Crippen molar-refractivity contribution in [3.8, 4) is 0 Å². The Balaban J connectivity index is 2.18. The lowest BCUT2D eigenvalue weighted by molar-refractivity contribution is 0.935. The van der Waals surface area contributed by atoms with E-state index in [0.717, 1.165) is 5.25 Å². The maximum absolute atomic E-state index is 2.28. The second-order valence-corrected chi connectivity index (χ2v) is 4.44. The first kappa shape index (κ1) is 4.85. The van der Waals surface area contributed by atoms with E-state index in [1.165, 1.54) is 12.2 Å². The zero-order valence-electron chi connectivity index (χ0n) is 3.81. The van der Waals surface area contributed by atoms with Crippen molar-refractivity contribution in [2.75, 3.05) is 5.75 Å². The highest BCUT2D eigenvalue weighted by molar-refractivity contribution is 8.77. The lowest BCUT2D eigenvalue weighted by atomic mass is 10.4. The van der Waals surface area contributed by atoms with E-state index in [9.17, 15) is 0 Å². The Morgan fingerprint density at radius 3 is 2.67 bits per heavy atom. The minimum absolute atomic E-state index is 0.926. The van der Waals surface area contributed by atoms with Crippen LogP contribution < -0.4 is 0 Å². The molecule has 0 amide bonds. The lowest BCUT2D eigenvalue weighted by Gasteiger charge is -1.89. The molecule has 1 rings (SSSR count). The summed E-state index contributed by atoms with van der Waals surface area (Å²) >= 11 is 0. The largest absolute Gasteiger partial charge is 0.0938 e. The standard InChI is InChI=1S/C4H8S2/c1-4-2-3-5-6-4/h4H,2-3H2,1H3/t4-/m1/s1. The highest BCUT2D eigenvalue weighted by atomic mass is 33.1. The Bertz CT molecular complexity index is 38.8. The first-order valence-corrected chi connectivity index (χ1v) is 4.56. The van der Waals surface area contributed by atoms with E-state index in [4.69, 9.17) is 0 Å². The van der Waals surface area contributed by atoms with Crippen molar-refractivity contribution in [2.24, 2.45) is 0 Å². The summed E-state index contributed by atoms with van der Waals surface area (Å²) in [6.45, 7) is 2.28. The fourth-order valence-corrected chi connectivity index (χ4v) is 3.13. The van der Waals surface area contributed by atoms with Crippen LogP contribution in [0.3, 0.4) is 0 Å². The van der Waals surface area contributed by atoms with Gasteiger partial charge in [-0.2, -0.15) is 0 Å². The van der Waals surface area contributed by atoms with Crippen molar-refractivity contribution in [1.29, 1.82) is 0 Å². The molecule has 1 atom stereocenters. The molecule has 0 aromatic carbocycles. The summed E-state index contributed by atoms with van der Waals surface area (Å²) in [4.78, 5) is 0. The molecule has 0 bridgehead atoms. The summed E-state index contributed by atoms with van der Waals surface area (Å²) in [5.41, 5.74) is 0. The molecule has 0 nitrogen and oxygen atoms in total. The maximum atomic E-state index is 2.28. The van der Waals surface area contributed by atoms with E-state index in [1.807, 2.05) is 21.6 Å². The number of rotatable bonds is 0. The molecule has 0 saturated carbocycles. The van der Waals surface area contributed by atoms with E-state index in [-0.39, 0.29) is 0 Å². The van der Waals surface area contributed by atoms with Crippen molar-refractivity contribution in [3.05, 3.63) is 0 Å². The second kappa shape index (κ2) is 2.12. The molecular formula is C4H8S2. The third-order valence-electron chi connectivity index (χ3n) is 0.840. The van der Waals surface area contributed by atoms with Crippen LogP contribution in [0.1, 0.15) is 13.3 Å². The van der Waals surface area contributed by atoms with E-state index in [0.29, 0.717) is 0 Å². The molecular weight excluding hydrogens is 112 g/mol. The van der Waals surface area contributed by atoms with Gasteiger partial charge in [0.2, 0.25) is 0 Å². The minimum Gasteiger partial charge on any atom is -0.0938 e. The molecule has 0 unspecified atom stereocenters. The van der Waals surface area contributed by atoms with Gasteiger partial charge in [0, 0.05) is 11.0 Å². The van der Waals surface area contributed by atoms with E-state index in [2.05, 4.69) is 6.92 Å². The minimum atomic E-state index is 0.926.